The number of nitro groups is 1. The predicted molar refractivity (Wildman–Crippen MR) is 113 cm³/mol. The first-order chi connectivity index (χ1) is 14.5. The third-order valence-corrected chi connectivity index (χ3v) is 6.69. The fraction of sp³-hybridized carbons (Fsp3) is 0.174. The van der Waals surface area contributed by atoms with Gasteiger partial charge in [-0.05, 0) is 34.9 Å². The number of nitrogens with zero attached hydrogens (tertiary/aromatic N) is 2. The van der Waals surface area contributed by atoms with Crippen LogP contribution in [0.1, 0.15) is 21.6 Å². The van der Waals surface area contributed by atoms with E-state index in [9.17, 15) is 14.9 Å². The third-order valence-electron chi connectivity index (χ3n) is 6.69. The van der Waals surface area contributed by atoms with E-state index >= 15 is 0 Å². The second kappa shape index (κ2) is 5.67. The van der Waals surface area contributed by atoms with E-state index in [1.165, 1.54) is 17.7 Å². The Kier molecular flexibility index (Phi) is 3.25. The second-order valence-corrected chi connectivity index (χ2v) is 8.13. The fourth-order valence-corrected chi connectivity index (χ4v) is 5.17. The molecule has 30 heavy (non-hydrogen) atoms. The maximum absolute atomic E-state index is 13.5. The predicted octanol–water partition coefficient (Wildman–Crippen LogP) is 3.35. The molecule has 2 atom stereocenters. The number of amides is 1. The van der Waals surface area contributed by atoms with E-state index in [0.29, 0.717) is 17.8 Å². The molecule has 2 aromatic carbocycles. The number of benzene rings is 2. The molecule has 1 aliphatic carbocycles. The third kappa shape index (κ3) is 2.04. The van der Waals surface area contributed by atoms with Crippen LogP contribution >= 0.6 is 0 Å². The Balaban J connectivity index is 1.42. The summed E-state index contributed by atoms with van der Waals surface area (Å²) in [6.45, 7) is 5.58. The number of non-ortho nitro benzene ring substituents is 1. The molecule has 3 aliphatic rings. The van der Waals surface area contributed by atoms with Crippen molar-refractivity contribution in [3.05, 3.63) is 93.8 Å². The minimum absolute atomic E-state index is 0.00591. The molecule has 0 radical (unpaired) electrons. The monoisotopic (exact) mass is 398 g/mol. The van der Waals surface area contributed by atoms with Gasteiger partial charge in [-0.1, -0.05) is 30.8 Å². The topological polar surface area (TPSA) is 91.3 Å². The van der Waals surface area contributed by atoms with Gasteiger partial charge in [-0.25, -0.2) is 0 Å². The highest BCUT2D eigenvalue weighted by atomic mass is 16.6. The van der Waals surface area contributed by atoms with E-state index in [1.54, 1.807) is 12.1 Å². The Morgan fingerprint density at radius 3 is 2.83 bits per heavy atom. The molecule has 7 nitrogen and oxygen atoms in total. The van der Waals surface area contributed by atoms with Gasteiger partial charge in [-0.15, -0.1) is 0 Å². The average molecular weight is 398 g/mol. The van der Waals surface area contributed by atoms with Gasteiger partial charge in [0.25, 0.3) is 11.6 Å². The zero-order chi connectivity index (χ0) is 20.6. The Labute approximate surface area is 171 Å². The summed E-state index contributed by atoms with van der Waals surface area (Å²) in [7, 11) is 0. The smallest absolute Gasteiger partial charge is 0.274 e. The van der Waals surface area contributed by atoms with Crippen molar-refractivity contribution in [2.75, 3.05) is 13.1 Å². The van der Waals surface area contributed by atoms with Crippen LogP contribution in [0.2, 0.25) is 0 Å². The summed E-state index contributed by atoms with van der Waals surface area (Å²) < 4.78 is 0. The van der Waals surface area contributed by atoms with E-state index in [0.717, 1.165) is 28.8 Å². The molecule has 2 aliphatic heterocycles. The zero-order valence-corrected chi connectivity index (χ0v) is 16.0. The van der Waals surface area contributed by atoms with Crippen LogP contribution < -0.4 is 5.32 Å². The van der Waals surface area contributed by atoms with Gasteiger partial charge in [0, 0.05) is 42.3 Å². The number of aromatic nitrogens is 1. The number of fused-ring (bicyclic) bond motifs is 2. The lowest BCUT2D eigenvalue weighted by molar-refractivity contribution is -0.384. The van der Waals surface area contributed by atoms with E-state index in [-0.39, 0.29) is 23.1 Å². The first-order valence-corrected chi connectivity index (χ1v) is 9.82. The lowest BCUT2D eigenvalue weighted by Gasteiger charge is -2.48. The normalized spacial score (nSPS) is 24.0. The highest BCUT2D eigenvalue weighted by molar-refractivity contribution is 6.00. The minimum Gasteiger partial charge on any atom is -0.350 e. The Morgan fingerprint density at radius 1 is 1.23 bits per heavy atom. The molecule has 3 aromatic rings. The van der Waals surface area contributed by atoms with Crippen molar-refractivity contribution in [2.24, 2.45) is 0 Å². The van der Waals surface area contributed by atoms with E-state index in [2.05, 4.69) is 29.0 Å². The molecule has 2 N–H and O–H groups in total. The number of allylic oxidation sites excluding steroid dienone is 2. The van der Waals surface area contributed by atoms with Gasteiger partial charge < -0.3 is 15.2 Å². The summed E-state index contributed by atoms with van der Waals surface area (Å²) in [5.74, 6) is -0.136. The van der Waals surface area contributed by atoms with Crippen molar-refractivity contribution in [1.29, 1.82) is 0 Å². The molecule has 3 heterocycles. The number of hydrogen-bond donors (Lipinski definition) is 2. The molecular formula is C23H18N4O3. The van der Waals surface area contributed by atoms with Gasteiger partial charge in [0.15, 0.2) is 0 Å². The van der Waals surface area contributed by atoms with E-state index in [1.807, 2.05) is 23.1 Å². The average Bonchev–Trinajstić information content (AvgIpc) is 3.25. The first-order valence-electron chi connectivity index (χ1n) is 9.82. The minimum atomic E-state index is -0.439. The fourth-order valence-electron chi connectivity index (χ4n) is 5.17. The highest BCUT2D eigenvalue weighted by Crippen LogP contribution is 2.53. The molecule has 148 valence electrons. The Bertz CT molecular complexity index is 1320. The van der Waals surface area contributed by atoms with Crippen LogP contribution in [0.25, 0.3) is 16.5 Å². The molecule has 0 unspecified atom stereocenters. The number of aromatic amines is 1. The van der Waals surface area contributed by atoms with Crippen molar-refractivity contribution in [1.82, 2.24) is 15.2 Å². The van der Waals surface area contributed by atoms with Gasteiger partial charge in [0.1, 0.15) is 5.69 Å². The van der Waals surface area contributed by atoms with Crippen LogP contribution in [0.15, 0.2) is 66.9 Å². The summed E-state index contributed by atoms with van der Waals surface area (Å²) in [5.41, 5.74) is 5.03. The number of H-pyrrole nitrogens is 1. The molecule has 2 saturated heterocycles. The second-order valence-electron chi connectivity index (χ2n) is 8.13. The molecule has 6 rings (SSSR count). The first kappa shape index (κ1) is 17.2. The zero-order valence-electron chi connectivity index (χ0n) is 16.0. The molecular weight excluding hydrogens is 380 g/mol. The molecule has 0 bridgehead atoms. The van der Waals surface area contributed by atoms with Crippen molar-refractivity contribution >= 4 is 28.1 Å². The van der Waals surface area contributed by atoms with Crippen LogP contribution in [0, 0.1) is 10.1 Å². The molecule has 0 saturated carbocycles. The summed E-state index contributed by atoms with van der Waals surface area (Å²) in [5, 5.41) is 15.3. The van der Waals surface area contributed by atoms with Gasteiger partial charge in [0.2, 0.25) is 0 Å². The maximum Gasteiger partial charge on any atom is 0.274 e. The van der Waals surface area contributed by atoms with Crippen LogP contribution in [-0.2, 0) is 5.41 Å². The van der Waals surface area contributed by atoms with Crippen LogP contribution in [0.5, 0.6) is 0 Å². The lowest BCUT2D eigenvalue weighted by Crippen LogP contribution is -2.64. The van der Waals surface area contributed by atoms with Gasteiger partial charge in [-0.2, -0.15) is 0 Å². The van der Waals surface area contributed by atoms with Gasteiger partial charge in [0.05, 0.1) is 15.9 Å². The number of carbonyl (C=O) groups excluding carboxylic acids is 1. The number of carbonyl (C=O) groups is 1. The summed E-state index contributed by atoms with van der Waals surface area (Å²) in [4.78, 5) is 29.0. The van der Waals surface area contributed by atoms with Crippen molar-refractivity contribution in [2.45, 2.75) is 11.5 Å². The van der Waals surface area contributed by atoms with Crippen molar-refractivity contribution < 1.29 is 9.72 Å². The Morgan fingerprint density at radius 2 is 2.07 bits per heavy atom. The summed E-state index contributed by atoms with van der Waals surface area (Å²) in [6.07, 6.45) is 2.04. The quantitative estimate of drug-likeness (QED) is 0.512. The molecule has 1 aromatic heterocycles. The number of nitro benzene ring substituents is 1. The molecule has 2 fully saturated rings. The van der Waals surface area contributed by atoms with Crippen molar-refractivity contribution in [3.8, 4) is 0 Å². The number of hydrogen-bond acceptors (Lipinski definition) is 4. The van der Waals surface area contributed by atoms with Crippen LogP contribution in [0.4, 0.5) is 5.69 Å². The highest BCUT2D eigenvalue weighted by Gasteiger charge is 2.60. The number of likely N-dealkylation sites (tertiary alicyclic amines) is 1. The van der Waals surface area contributed by atoms with Gasteiger partial charge >= 0.3 is 0 Å². The van der Waals surface area contributed by atoms with E-state index < -0.39 is 4.92 Å². The van der Waals surface area contributed by atoms with Crippen molar-refractivity contribution in [3.63, 3.8) is 0 Å². The largest absolute Gasteiger partial charge is 0.350 e. The van der Waals surface area contributed by atoms with Crippen LogP contribution in [0.3, 0.4) is 0 Å². The maximum atomic E-state index is 13.5. The SMILES string of the molecule is C=C1C=C2N(C(=O)c3cc4ccc([N+](=O)[O-])cc4[nH]3)C[C@H]3NC[C@@]23c2ccccc21. The Hall–Kier alpha value is -3.71. The van der Waals surface area contributed by atoms with Crippen LogP contribution in [-0.4, -0.2) is 39.8 Å². The summed E-state index contributed by atoms with van der Waals surface area (Å²) >= 11 is 0. The van der Waals surface area contributed by atoms with E-state index in [4.69, 9.17) is 0 Å². The molecule has 1 amide bonds. The molecule has 7 heteroatoms. The summed E-state index contributed by atoms with van der Waals surface area (Å²) in [6, 6.07) is 14.8. The molecule has 1 spiro atoms. The number of rotatable bonds is 2. The standard InChI is InChI=1S/C23H18N4O3/c1-13-8-21-23(17-5-3-2-4-16(13)17)12-24-20(23)11-26(21)22(28)19-9-14-6-7-15(27(29)30)10-18(14)25-19/h2-10,20,24-25H,1,11-12H2/t20-,23+/m1/s1. The van der Waals surface area contributed by atoms with Gasteiger partial charge in [-0.3, -0.25) is 14.9 Å². The number of nitrogens with one attached hydrogen (secondary N) is 2. The lowest BCUT2D eigenvalue weighted by atomic mass is 9.64.